The first-order chi connectivity index (χ1) is 19.4. The Morgan fingerprint density at radius 2 is 1.70 bits per heavy atom. The highest BCUT2D eigenvalue weighted by atomic mass is 19.1. The number of hydrogen-bond acceptors (Lipinski definition) is 6. The van der Waals surface area contributed by atoms with Crippen LogP contribution in [0.25, 0.3) is 0 Å². The molecule has 2 heterocycles. The van der Waals surface area contributed by atoms with Gasteiger partial charge in [0.25, 0.3) is 5.91 Å². The van der Waals surface area contributed by atoms with Gasteiger partial charge < -0.3 is 19.7 Å². The van der Waals surface area contributed by atoms with Gasteiger partial charge in [-0.2, -0.15) is 5.10 Å². The number of rotatable bonds is 10. The smallest absolute Gasteiger partial charge is 0.343 e. The summed E-state index contributed by atoms with van der Waals surface area (Å²) < 4.78 is 28.2. The lowest BCUT2D eigenvalue weighted by Gasteiger charge is -2.54. The molecule has 5 aliphatic carbocycles. The summed E-state index contributed by atoms with van der Waals surface area (Å²) >= 11 is 0. The standard InChI is InChI=1S/C31H47FN4O4/c1-2-39-30(38)31(32)8-10-35(11-9-31)12-13-36-29(40-20-21-6-4-3-5-7-21)26(19-33-36)28(37)34-27-24-15-22-14-23(17-24)18-25(27)16-22/h19,21-25,27H,2-18,20H2,1H3,(H,34,37). The van der Waals surface area contributed by atoms with Gasteiger partial charge in [-0.1, -0.05) is 19.3 Å². The zero-order valence-corrected chi connectivity index (χ0v) is 24.1. The van der Waals surface area contributed by atoms with E-state index in [0.29, 0.717) is 62.0 Å². The first-order valence-electron chi connectivity index (χ1n) is 16.0. The predicted octanol–water partition coefficient (Wildman–Crippen LogP) is 4.76. The fraction of sp³-hybridized carbons (Fsp3) is 0.839. The van der Waals surface area contributed by atoms with Crippen LogP contribution in [-0.4, -0.2) is 71.1 Å². The van der Waals surface area contributed by atoms with Gasteiger partial charge in [0.15, 0.2) is 0 Å². The number of amides is 1. The molecule has 6 aliphatic rings. The topological polar surface area (TPSA) is 85.7 Å². The lowest BCUT2D eigenvalue weighted by Crippen LogP contribution is -2.55. The quantitative estimate of drug-likeness (QED) is 0.417. The minimum absolute atomic E-state index is 0.0583. The average molecular weight is 559 g/mol. The first-order valence-corrected chi connectivity index (χ1v) is 16.0. The molecule has 1 aliphatic heterocycles. The normalized spacial score (nSPS) is 31.7. The number of carbonyl (C=O) groups excluding carboxylic acids is 2. The lowest BCUT2D eigenvalue weighted by atomic mass is 9.54. The van der Waals surface area contributed by atoms with E-state index < -0.39 is 11.6 Å². The summed E-state index contributed by atoms with van der Waals surface area (Å²) in [6, 6.07) is 0.267. The molecule has 40 heavy (non-hydrogen) atoms. The van der Waals surface area contributed by atoms with E-state index in [2.05, 4.69) is 15.3 Å². The molecule has 4 bridgehead atoms. The molecule has 1 N–H and O–H groups in total. The summed E-state index contributed by atoms with van der Waals surface area (Å²) in [7, 11) is 0. The van der Waals surface area contributed by atoms with Crippen LogP contribution < -0.4 is 10.1 Å². The average Bonchev–Trinajstić information content (AvgIpc) is 3.36. The summed E-state index contributed by atoms with van der Waals surface area (Å²) in [5, 5.41) is 8.04. The van der Waals surface area contributed by atoms with E-state index in [1.807, 2.05) is 4.68 Å². The molecule has 222 valence electrons. The second kappa shape index (κ2) is 12.0. The van der Waals surface area contributed by atoms with Gasteiger partial charge in [0.1, 0.15) is 5.56 Å². The van der Waals surface area contributed by atoms with Crippen LogP contribution in [0.15, 0.2) is 6.20 Å². The SMILES string of the molecule is CCOC(=O)C1(F)CCN(CCn2ncc(C(=O)NC3C4CC5CC(C4)CC3C5)c2OCC2CCCCC2)CC1. The molecule has 9 heteroatoms. The van der Waals surface area contributed by atoms with Crippen LogP contribution in [0.2, 0.25) is 0 Å². The Bertz CT molecular complexity index is 1020. The van der Waals surface area contributed by atoms with Crippen LogP contribution in [0.3, 0.4) is 0 Å². The molecule has 1 saturated heterocycles. The fourth-order valence-corrected chi connectivity index (χ4v) is 8.61. The van der Waals surface area contributed by atoms with E-state index >= 15 is 4.39 Å². The van der Waals surface area contributed by atoms with Crippen molar-refractivity contribution >= 4 is 11.9 Å². The third-order valence-electron chi connectivity index (χ3n) is 10.7. The molecule has 0 spiro atoms. The van der Waals surface area contributed by atoms with Crippen molar-refractivity contribution in [2.45, 2.75) is 102 Å². The number of piperidine rings is 1. The zero-order chi connectivity index (χ0) is 27.7. The maximum Gasteiger partial charge on any atom is 0.343 e. The lowest BCUT2D eigenvalue weighted by molar-refractivity contribution is -0.160. The molecule has 0 radical (unpaired) electrons. The number of carbonyl (C=O) groups is 2. The van der Waals surface area contributed by atoms with Crippen molar-refractivity contribution in [1.29, 1.82) is 0 Å². The highest BCUT2D eigenvalue weighted by Crippen LogP contribution is 2.53. The second-order valence-electron chi connectivity index (χ2n) is 13.4. The number of hydrogen-bond donors (Lipinski definition) is 1. The Morgan fingerprint density at radius 1 is 1.02 bits per heavy atom. The van der Waals surface area contributed by atoms with Gasteiger partial charge in [-0.3, -0.25) is 4.79 Å². The van der Waals surface area contributed by atoms with E-state index in [-0.39, 0.29) is 31.4 Å². The third kappa shape index (κ3) is 5.90. The highest BCUT2D eigenvalue weighted by Gasteiger charge is 2.49. The van der Waals surface area contributed by atoms with Gasteiger partial charge in [-0.25, -0.2) is 13.9 Å². The number of nitrogens with one attached hydrogen (secondary N) is 1. The summed E-state index contributed by atoms with van der Waals surface area (Å²) in [5.74, 6) is 3.23. The monoisotopic (exact) mass is 558 g/mol. The van der Waals surface area contributed by atoms with Crippen molar-refractivity contribution in [3.05, 3.63) is 11.8 Å². The van der Waals surface area contributed by atoms with Crippen LogP contribution >= 0.6 is 0 Å². The molecule has 0 aromatic carbocycles. The summed E-state index contributed by atoms with van der Waals surface area (Å²) in [6.07, 6.45) is 14.5. The molecule has 0 atom stereocenters. The van der Waals surface area contributed by atoms with Crippen molar-refractivity contribution < 1.29 is 23.5 Å². The van der Waals surface area contributed by atoms with Crippen LogP contribution in [-0.2, 0) is 16.1 Å². The molecule has 1 amide bonds. The Morgan fingerprint density at radius 3 is 2.35 bits per heavy atom. The van der Waals surface area contributed by atoms with Gasteiger partial charge in [-0.05, 0) is 81.5 Å². The van der Waals surface area contributed by atoms with Crippen LogP contribution in [0.5, 0.6) is 5.88 Å². The number of likely N-dealkylation sites (tertiary alicyclic amines) is 1. The maximum atomic E-state index is 15.0. The number of aromatic nitrogens is 2. The molecule has 8 nitrogen and oxygen atoms in total. The molecular formula is C31H47FN4O4. The van der Waals surface area contributed by atoms with E-state index in [0.717, 1.165) is 11.8 Å². The van der Waals surface area contributed by atoms with Crippen molar-refractivity contribution in [1.82, 2.24) is 20.0 Å². The van der Waals surface area contributed by atoms with Gasteiger partial charge in [-0.15, -0.1) is 0 Å². The zero-order valence-electron chi connectivity index (χ0n) is 24.1. The number of nitrogens with zero attached hydrogens (tertiary/aromatic N) is 3. The van der Waals surface area contributed by atoms with Crippen LogP contribution in [0, 0.1) is 29.6 Å². The minimum atomic E-state index is -1.89. The molecule has 0 unspecified atom stereocenters. The molecule has 6 fully saturated rings. The molecular weight excluding hydrogens is 511 g/mol. The third-order valence-corrected chi connectivity index (χ3v) is 10.7. The van der Waals surface area contributed by atoms with Gasteiger partial charge in [0.2, 0.25) is 11.5 Å². The second-order valence-corrected chi connectivity index (χ2v) is 13.4. The van der Waals surface area contributed by atoms with Crippen LogP contribution in [0.1, 0.15) is 94.3 Å². The number of ether oxygens (including phenoxy) is 2. The van der Waals surface area contributed by atoms with Gasteiger partial charge in [0, 0.05) is 38.5 Å². The maximum absolute atomic E-state index is 15.0. The summed E-state index contributed by atoms with van der Waals surface area (Å²) in [5.41, 5.74) is -1.36. The van der Waals surface area contributed by atoms with Crippen molar-refractivity contribution in [2.75, 3.05) is 32.8 Å². The molecule has 1 aromatic rings. The summed E-state index contributed by atoms with van der Waals surface area (Å²) in [6.45, 7) is 4.66. The number of halogens is 1. The Labute approximate surface area is 237 Å². The number of alkyl halides is 1. The van der Waals surface area contributed by atoms with Gasteiger partial charge in [0.05, 0.1) is 26.0 Å². The molecule has 7 rings (SSSR count). The molecule has 1 aromatic heterocycles. The number of esters is 1. The van der Waals surface area contributed by atoms with E-state index in [1.165, 1.54) is 64.2 Å². The largest absolute Gasteiger partial charge is 0.477 e. The van der Waals surface area contributed by atoms with Crippen molar-refractivity contribution in [2.24, 2.45) is 29.6 Å². The predicted molar refractivity (Wildman–Crippen MR) is 149 cm³/mol. The van der Waals surface area contributed by atoms with Crippen molar-refractivity contribution in [3.63, 3.8) is 0 Å². The molecule has 5 saturated carbocycles. The Balaban J connectivity index is 1.10. The van der Waals surface area contributed by atoms with E-state index in [1.54, 1.807) is 13.1 Å². The Kier molecular flexibility index (Phi) is 8.38. The van der Waals surface area contributed by atoms with Gasteiger partial charge >= 0.3 is 5.97 Å². The fourth-order valence-electron chi connectivity index (χ4n) is 8.61. The van der Waals surface area contributed by atoms with Crippen molar-refractivity contribution in [3.8, 4) is 5.88 Å². The highest BCUT2D eigenvalue weighted by molar-refractivity contribution is 5.96. The van der Waals surface area contributed by atoms with E-state index in [4.69, 9.17) is 9.47 Å². The van der Waals surface area contributed by atoms with E-state index in [9.17, 15) is 9.59 Å². The first kappa shape index (κ1) is 28.0. The summed E-state index contributed by atoms with van der Waals surface area (Å²) in [4.78, 5) is 27.9. The minimum Gasteiger partial charge on any atom is -0.477 e. The van der Waals surface area contributed by atoms with Crippen LogP contribution in [0.4, 0.5) is 4.39 Å². The Hall–Kier alpha value is -2.16.